The van der Waals surface area contributed by atoms with Gasteiger partial charge in [-0.1, -0.05) is 0 Å². The van der Waals surface area contributed by atoms with E-state index in [0.29, 0.717) is 11.2 Å². The molecule has 0 bridgehead atoms. The van der Waals surface area contributed by atoms with Crippen molar-refractivity contribution < 1.29 is 4.39 Å². The first-order valence-electron chi connectivity index (χ1n) is 3.55. The fourth-order valence-corrected chi connectivity index (χ4v) is 1.23. The average molecular weight is 165 g/mol. The van der Waals surface area contributed by atoms with Crippen LogP contribution in [0.4, 0.5) is 10.1 Å². The number of rotatable bonds is 0. The molecule has 0 aliphatic heterocycles. The van der Waals surface area contributed by atoms with Gasteiger partial charge in [0.25, 0.3) is 0 Å². The van der Waals surface area contributed by atoms with E-state index >= 15 is 0 Å². The second-order valence-electron chi connectivity index (χ2n) is 2.74. The van der Waals surface area contributed by atoms with E-state index in [1.54, 1.807) is 24.0 Å². The van der Waals surface area contributed by atoms with Crippen LogP contribution in [0.3, 0.4) is 0 Å². The number of nitrogens with two attached hydrogens (primary N) is 1. The van der Waals surface area contributed by atoms with Gasteiger partial charge in [0, 0.05) is 24.3 Å². The molecule has 12 heavy (non-hydrogen) atoms. The van der Waals surface area contributed by atoms with Gasteiger partial charge in [-0.25, -0.2) is 4.39 Å². The van der Waals surface area contributed by atoms with Crippen LogP contribution in [0.25, 0.3) is 10.9 Å². The maximum absolute atomic E-state index is 13.1. The molecule has 4 heteroatoms. The summed E-state index contributed by atoms with van der Waals surface area (Å²) in [4.78, 5) is 0. The Hall–Kier alpha value is -1.58. The summed E-state index contributed by atoms with van der Waals surface area (Å²) in [6.45, 7) is 0. The standard InChI is InChI=1S/C8H8FN3/c1-12-4-5-2-6(10)3-7(9)8(5)11-12/h2-4H,10H2,1H3. The largest absolute Gasteiger partial charge is 0.399 e. The van der Waals surface area contributed by atoms with Crippen LogP contribution in [0.2, 0.25) is 0 Å². The second-order valence-corrected chi connectivity index (χ2v) is 2.74. The third-order valence-electron chi connectivity index (χ3n) is 1.70. The SMILES string of the molecule is Cn1cc2cc(N)cc(F)c2n1. The van der Waals surface area contributed by atoms with Gasteiger partial charge in [0.05, 0.1) is 0 Å². The molecule has 2 rings (SSSR count). The topological polar surface area (TPSA) is 43.8 Å². The molecule has 0 aliphatic rings. The highest BCUT2D eigenvalue weighted by Crippen LogP contribution is 2.18. The van der Waals surface area contributed by atoms with Crippen molar-refractivity contribution in [3.63, 3.8) is 0 Å². The molecule has 0 saturated carbocycles. The molecule has 0 saturated heterocycles. The molecule has 0 spiro atoms. The zero-order valence-electron chi connectivity index (χ0n) is 6.58. The van der Waals surface area contributed by atoms with Crippen molar-refractivity contribution in [2.24, 2.45) is 7.05 Å². The Kier molecular flexibility index (Phi) is 1.30. The van der Waals surface area contributed by atoms with Gasteiger partial charge in [0.15, 0.2) is 5.82 Å². The van der Waals surface area contributed by atoms with E-state index in [9.17, 15) is 4.39 Å². The third-order valence-corrected chi connectivity index (χ3v) is 1.70. The molecule has 0 aliphatic carbocycles. The Morgan fingerprint density at radius 1 is 1.50 bits per heavy atom. The van der Waals surface area contributed by atoms with Crippen LogP contribution in [-0.4, -0.2) is 9.78 Å². The molecule has 0 atom stereocenters. The molecule has 1 heterocycles. The fraction of sp³-hybridized carbons (Fsp3) is 0.125. The lowest BCUT2D eigenvalue weighted by Crippen LogP contribution is -1.88. The number of aryl methyl sites for hydroxylation is 1. The molecule has 0 amide bonds. The van der Waals surface area contributed by atoms with Crippen LogP contribution < -0.4 is 5.73 Å². The number of hydrogen-bond acceptors (Lipinski definition) is 2. The van der Waals surface area contributed by atoms with Crippen molar-refractivity contribution >= 4 is 16.6 Å². The minimum absolute atomic E-state index is 0.367. The van der Waals surface area contributed by atoms with E-state index in [1.165, 1.54) is 6.07 Å². The highest BCUT2D eigenvalue weighted by atomic mass is 19.1. The second kappa shape index (κ2) is 2.20. The van der Waals surface area contributed by atoms with Gasteiger partial charge in [-0.2, -0.15) is 5.10 Å². The van der Waals surface area contributed by atoms with Crippen molar-refractivity contribution in [1.29, 1.82) is 0 Å². The summed E-state index contributed by atoms with van der Waals surface area (Å²) in [6.07, 6.45) is 1.73. The van der Waals surface area contributed by atoms with Gasteiger partial charge >= 0.3 is 0 Å². The first-order valence-corrected chi connectivity index (χ1v) is 3.55. The minimum Gasteiger partial charge on any atom is -0.399 e. The normalized spacial score (nSPS) is 10.8. The average Bonchev–Trinajstić information content (AvgIpc) is 2.29. The molecule has 0 unspecified atom stereocenters. The van der Waals surface area contributed by atoms with Crippen molar-refractivity contribution in [3.8, 4) is 0 Å². The molecule has 0 fully saturated rings. The van der Waals surface area contributed by atoms with Crippen LogP contribution in [-0.2, 0) is 7.05 Å². The summed E-state index contributed by atoms with van der Waals surface area (Å²) < 4.78 is 14.7. The summed E-state index contributed by atoms with van der Waals surface area (Å²) in [7, 11) is 1.75. The summed E-state index contributed by atoms with van der Waals surface area (Å²) in [6, 6.07) is 2.97. The van der Waals surface area contributed by atoms with Crippen LogP contribution in [0, 0.1) is 5.82 Å². The van der Waals surface area contributed by atoms with Gasteiger partial charge in [-0.15, -0.1) is 0 Å². The Morgan fingerprint density at radius 2 is 2.25 bits per heavy atom. The summed E-state index contributed by atoms with van der Waals surface area (Å²) >= 11 is 0. The number of nitrogen functional groups attached to an aromatic ring is 1. The summed E-state index contributed by atoms with van der Waals surface area (Å²) in [5.41, 5.74) is 6.25. The van der Waals surface area contributed by atoms with Gasteiger partial charge in [-0.3, -0.25) is 4.68 Å². The molecule has 3 nitrogen and oxygen atoms in total. The lowest BCUT2D eigenvalue weighted by atomic mass is 10.2. The Labute approximate surface area is 68.6 Å². The molecular weight excluding hydrogens is 157 g/mol. The predicted octanol–water partition coefficient (Wildman–Crippen LogP) is 1.29. The first kappa shape index (κ1) is 7.09. The van der Waals surface area contributed by atoms with E-state index in [4.69, 9.17) is 5.73 Å². The monoisotopic (exact) mass is 165 g/mol. The Morgan fingerprint density at radius 3 is 3.00 bits per heavy atom. The number of aromatic nitrogens is 2. The van der Waals surface area contributed by atoms with Crippen LogP contribution in [0.15, 0.2) is 18.3 Å². The van der Waals surface area contributed by atoms with Crippen LogP contribution >= 0.6 is 0 Å². The van der Waals surface area contributed by atoms with E-state index in [1.807, 2.05) is 0 Å². The molecular formula is C8H8FN3. The molecule has 0 radical (unpaired) electrons. The zero-order chi connectivity index (χ0) is 8.72. The number of halogens is 1. The molecule has 1 aromatic heterocycles. The minimum atomic E-state index is -0.370. The number of anilines is 1. The van der Waals surface area contributed by atoms with Crippen LogP contribution in [0.5, 0.6) is 0 Å². The number of nitrogens with zero attached hydrogens (tertiary/aromatic N) is 2. The van der Waals surface area contributed by atoms with Gasteiger partial charge in [0.1, 0.15) is 5.52 Å². The maximum Gasteiger partial charge on any atom is 0.153 e. The number of fused-ring (bicyclic) bond motifs is 1. The van der Waals surface area contributed by atoms with Gasteiger partial charge in [-0.05, 0) is 12.1 Å². The van der Waals surface area contributed by atoms with Crippen molar-refractivity contribution in [2.75, 3.05) is 5.73 Å². The van der Waals surface area contributed by atoms with E-state index in [0.717, 1.165) is 5.39 Å². The first-order chi connectivity index (χ1) is 5.66. The predicted molar refractivity (Wildman–Crippen MR) is 45.1 cm³/mol. The van der Waals surface area contributed by atoms with E-state index < -0.39 is 0 Å². The van der Waals surface area contributed by atoms with Crippen molar-refractivity contribution in [1.82, 2.24) is 9.78 Å². The van der Waals surface area contributed by atoms with Gasteiger partial charge in [0.2, 0.25) is 0 Å². The summed E-state index contributed by atoms with van der Waals surface area (Å²) in [5.74, 6) is -0.370. The highest BCUT2D eigenvalue weighted by Gasteiger charge is 2.05. The zero-order valence-corrected chi connectivity index (χ0v) is 6.58. The smallest absolute Gasteiger partial charge is 0.153 e. The fourth-order valence-electron chi connectivity index (χ4n) is 1.23. The Bertz CT molecular complexity index is 433. The van der Waals surface area contributed by atoms with Crippen LogP contribution in [0.1, 0.15) is 0 Å². The van der Waals surface area contributed by atoms with Crippen molar-refractivity contribution in [3.05, 3.63) is 24.1 Å². The van der Waals surface area contributed by atoms with E-state index in [-0.39, 0.29) is 5.82 Å². The van der Waals surface area contributed by atoms with Crippen molar-refractivity contribution in [2.45, 2.75) is 0 Å². The Balaban J connectivity index is 2.88. The highest BCUT2D eigenvalue weighted by molar-refractivity contribution is 5.82. The van der Waals surface area contributed by atoms with Gasteiger partial charge < -0.3 is 5.73 Å². The third kappa shape index (κ3) is 0.922. The quantitative estimate of drug-likeness (QED) is 0.598. The molecule has 62 valence electrons. The van der Waals surface area contributed by atoms with E-state index in [2.05, 4.69) is 5.10 Å². The molecule has 2 N–H and O–H groups in total. The summed E-state index contributed by atoms with van der Waals surface area (Å²) in [5, 5.41) is 4.67. The lowest BCUT2D eigenvalue weighted by Gasteiger charge is -1.92. The lowest BCUT2D eigenvalue weighted by molar-refractivity contribution is 0.633. The number of hydrogen-bond donors (Lipinski definition) is 1. The molecule has 1 aromatic carbocycles. The number of benzene rings is 1. The maximum atomic E-state index is 13.1. The molecule has 2 aromatic rings.